The second kappa shape index (κ2) is 5.49. The Kier molecular flexibility index (Phi) is 3.96. The molecule has 2 aromatic carbocycles. The molecule has 0 aliphatic heterocycles. The number of rotatable bonds is 3. The monoisotopic (exact) mass is 262 g/mol. The van der Waals surface area contributed by atoms with Crippen molar-refractivity contribution in [3.05, 3.63) is 70.3 Å². The van der Waals surface area contributed by atoms with Gasteiger partial charge < -0.3 is 5.11 Å². The molecule has 1 atom stereocenters. The Hall–Kier alpha value is -1.74. The van der Waals surface area contributed by atoms with E-state index in [4.69, 9.17) is 0 Å². The minimum absolute atomic E-state index is 0.0634. The molecule has 3 heteroatoms. The normalized spacial score (nSPS) is 12.5. The van der Waals surface area contributed by atoms with E-state index in [9.17, 15) is 13.9 Å². The van der Waals surface area contributed by atoms with E-state index in [1.165, 1.54) is 12.1 Å². The van der Waals surface area contributed by atoms with Gasteiger partial charge >= 0.3 is 0 Å². The lowest BCUT2D eigenvalue weighted by Gasteiger charge is -2.15. The molecule has 0 saturated heterocycles. The standard InChI is InChI=1S/C16H16F2O/c1-10-6-7-11(2)13(8-10)15(19)9-12-4-3-5-14(17)16(12)18/h3-8,15,19H,9H2,1-2H3. The van der Waals surface area contributed by atoms with Crippen molar-refractivity contribution < 1.29 is 13.9 Å². The third-order valence-electron chi connectivity index (χ3n) is 3.24. The molecule has 0 heterocycles. The molecule has 100 valence electrons. The maximum Gasteiger partial charge on any atom is 0.162 e. The Balaban J connectivity index is 2.28. The molecule has 0 bridgehead atoms. The molecule has 1 N–H and O–H groups in total. The average Bonchev–Trinajstić information content (AvgIpc) is 2.38. The van der Waals surface area contributed by atoms with E-state index in [-0.39, 0.29) is 12.0 Å². The molecule has 0 amide bonds. The second-order valence-corrected chi connectivity index (χ2v) is 4.79. The van der Waals surface area contributed by atoms with E-state index in [0.29, 0.717) is 0 Å². The summed E-state index contributed by atoms with van der Waals surface area (Å²) in [6.45, 7) is 3.82. The molecule has 0 aromatic heterocycles. The molecule has 1 unspecified atom stereocenters. The summed E-state index contributed by atoms with van der Waals surface area (Å²) in [5.74, 6) is -1.77. The van der Waals surface area contributed by atoms with Crippen molar-refractivity contribution in [3.63, 3.8) is 0 Å². The van der Waals surface area contributed by atoms with E-state index < -0.39 is 17.7 Å². The van der Waals surface area contributed by atoms with Gasteiger partial charge in [0.2, 0.25) is 0 Å². The number of halogens is 2. The van der Waals surface area contributed by atoms with Crippen LogP contribution in [0.15, 0.2) is 36.4 Å². The first kappa shape index (κ1) is 13.7. The zero-order valence-corrected chi connectivity index (χ0v) is 11.0. The van der Waals surface area contributed by atoms with Gasteiger partial charge in [0.15, 0.2) is 11.6 Å². The van der Waals surface area contributed by atoms with Gasteiger partial charge in [0, 0.05) is 6.42 Å². The zero-order chi connectivity index (χ0) is 14.0. The average molecular weight is 262 g/mol. The highest BCUT2D eigenvalue weighted by Gasteiger charge is 2.15. The fourth-order valence-electron chi connectivity index (χ4n) is 2.14. The van der Waals surface area contributed by atoms with Gasteiger partial charge in [-0.05, 0) is 36.6 Å². The SMILES string of the molecule is Cc1ccc(C)c(C(O)Cc2cccc(F)c2F)c1. The van der Waals surface area contributed by atoms with Gasteiger partial charge in [0.25, 0.3) is 0 Å². The van der Waals surface area contributed by atoms with Gasteiger partial charge in [-0.1, -0.05) is 35.9 Å². The van der Waals surface area contributed by atoms with Crippen LogP contribution < -0.4 is 0 Å². The molecular weight excluding hydrogens is 246 g/mol. The van der Waals surface area contributed by atoms with Crippen molar-refractivity contribution >= 4 is 0 Å². The number of hydrogen-bond acceptors (Lipinski definition) is 1. The molecule has 2 aromatic rings. The van der Waals surface area contributed by atoms with Crippen molar-refractivity contribution in [2.45, 2.75) is 26.4 Å². The van der Waals surface area contributed by atoms with Gasteiger partial charge in [-0.2, -0.15) is 0 Å². The predicted molar refractivity (Wildman–Crippen MR) is 70.9 cm³/mol. The summed E-state index contributed by atoms with van der Waals surface area (Å²) >= 11 is 0. The third-order valence-corrected chi connectivity index (χ3v) is 3.24. The maximum absolute atomic E-state index is 13.6. The van der Waals surface area contributed by atoms with Crippen LogP contribution in [0.5, 0.6) is 0 Å². The zero-order valence-electron chi connectivity index (χ0n) is 11.0. The van der Waals surface area contributed by atoms with E-state index in [2.05, 4.69) is 0 Å². The summed E-state index contributed by atoms with van der Waals surface area (Å²) in [6.07, 6.45) is -0.773. The van der Waals surface area contributed by atoms with E-state index >= 15 is 0 Å². The first-order chi connectivity index (χ1) is 8.99. The predicted octanol–water partition coefficient (Wildman–Crippen LogP) is 3.86. The van der Waals surface area contributed by atoms with E-state index in [1.54, 1.807) is 0 Å². The minimum atomic E-state index is -0.884. The van der Waals surface area contributed by atoms with Gasteiger partial charge in [-0.15, -0.1) is 0 Å². The number of benzene rings is 2. The van der Waals surface area contributed by atoms with Crippen LogP contribution in [-0.4, -0.2) is 5.11 Å². The van der Waals surface area contributed by atoms with Crippen LogP contribution in [0.4, 0.5) is 8.78 Å². The number of aryl methyl sites for hydroxylation is 2. The maximum atomic E-state index is 13.6. The number of hydrogen-bond donors (Lipinski definition) is 1. The highest BCUT2D eigenvalue weighted by atomic mass is 19.2. The van der Waals surface area contributed by atoms with Crippen LogP contribution in [-0.2, 0) is 6.42 Å². The Morgan fingerprint density at radius 1 is 1.11 bits per heavy atom. The Bertz CT molecular complexity index is 593. The summed E-state index contributed by atoms with van der Waals surface area (Å²) in [5.41, 5.74) is 2.91. The molecule has 0 spiro atoms. The summed E-state index contributed by atoms with van der Waals surface area (Å²) in [4.78, 5) is 0. The topological polar surface area (TPSA) is 20.2 Å². The third kappa shape index (κ3) is 2.99. The van der Waals surface area contributed by atoms with Crippen LogP contribution in [0.2, 0.25) is 0 Å². The van der Waals surface area contributed by atoms with Gasteiger partial charge in [0.1, 0.15) is 0 Å². The Morgan fingerprint density at radius 2 is 1.84 bits per heavy atom. The van der Waals surface area contributed by atoms with Crippen molar-refractivity contribution in [2.75, 3.05) is 0 Å². The Labute approximate surface area is 111 Å². The van der Waals surface area contributed by atoms with Crippen LogP contribution in [0.3, 0.4) is 0 Å². The molecule has 0 aliphatic carbocycles. The fraction of sp³-hybridized carbons (Fsp3) is 0.250. The summed E-state index contributed by atoms with van der Waals surface area (Å²) in [5, 5.41) is 10.2. The molecule has 2 rings (SSSR count). The lowest BCUT2D eigenvalue weighted by Crippen LogP contribution is -2.06. The molecule has 0 fully saturated rings. The van der Waals surface area contributed by atoms with Crippen LogP contribution in [0, 0.1) is 25.5 Å². The lowest BCUT2D eigenvalue weighted by atomic mass is 9.96. The van der Waals surface area contributed by atoms with Crippen molar-refractivity contribution in [1.29, 1.82) is 0 Å². The smallest absolute Gasteiger partial charge is 0.162 e. The van der Waals surface area contributed by atoms with Gasteiger partial charge in [-0.25, -0.2) is 8.78 Å². The quantitative estimate of drug-likeness (QED) is 0.890. The number of aliphatic hydroxyl groups is 1. The van der Waals surface area contributed by atoms with Crippen LogP contribution >= 0.6 is 0 Å². The van der Waals surface area contributed by atoms with Crippen LogP contribution in [0.1, 0.15) is 28.4 Å². The molecule has 0 radical (unpaired) electrons. The molecule has 0 aliphatic rings. The van der Waals surface area contributed by atoms with Crippen molar-refractivity contribution in [1.82, 2.24) is 0 Å². The number of aliphatic hydroxyl groups excluding tert-OH is 1. The van der Waals surface area contributed by atoms with Crippen molar-refractivity contribution in [2.24, 2.45) is 0 Å². The highest BCUT2D eigenvalue weighted by molar-refractivity contribution is 5.33. The minimum Gasteiger partial charge on any atom is -0.388 e. The molecular formula is C16H16F2O. The molecule has 1 nitrogen and oxygen atoms in total. The van der Waals surface area contributed by atoms with E-state index in [1.807, 2.05) is 32.0 Å². The first-order valence-electron chi connectivity index (χ1n) is 6.17. The fourth-order valence-corrected chi connectivity index (χ4v) is 2.14. The summed E-state index contributed by atoms with van der Waals surface area (Å²) in [7, 11) is 0. The summed E-state index contributed by atoms with van der Waals surface area (Å²) in [6, 6.07) is 9.75. The largest absolute Gasteiger partial charge is 0.388 e. The second-order valence-electron chi connectivity index (χ2n) is 4.79. The lowest BCUT2D eigenvalue weighted by molar-refractivity contribution is 0.176. The highest BCUT2D eigenvalue weighted by Crippen LogP contribution is 2.24. The van der Waals surface area contributed by atoms with Crippen LogP contribution in [0.25, 0.3) is 0 Å². The van der Waals surface area contributed by atoms with Gasteiger partial charge in [-0.3, -0.25) is 0 Å². The Morgan fingerprint density at radius 3 is 2.58 bits per heavy atom. The molecule has 0 saturated carbocycles. The summed E-state index contributed by atoms with van der Waals surface area (Å²) < 4.78 is 26.7. The van der Waals surface area contributed by atoms with Gasteiger partial charge in [0.05, 0.1) is 6.10 Å². The first-order valence-corrected chi connectivity index (χ1v) is 6.17. The molecule has 19 heavy (non-hydrogen) atoms. The van der Waals surface area contributed by atoms with Crippen molar-refractivity contribution in [3.8, 4) is 0 Å². The van der Waals surface area contributed by atoms with E-state index in [0.717, 1.165) is 22.8 Å².